The van der Waals surface area contributed by atoms with Crippen LogP contribution in [0.4, 0.5) is 11.4 Å². The summed E-state index contributed by atoms with van der Waals surface area (Å²) in [5.41, 5.74) is 0.971. The largest absolute Gasteiger partial charge is 0.321 e. The zero-order valence-electron chi connectivity index (χ0n) is 10.8. The first-order chi connectivity index (χ1) is 9.88. The van der Waals surface area contributed by atoms with Gasteiger partial charge in [-0.25, -0.2) is 0 Å². The van der Waals surface area contributed by atoms with Gasteiger partial charge in [0.25, 0.3) is 11.6 Å². The molecule has 8 heteroatoms. The molecule has 0 bridgehead atoms. The van der Waals surface area contributed by atoms with Crippen molar-refractivity contribution in [2.45, 2.75) is 6.92 Å². The lowest BCUT2D eigenvalue weighted by Gasteiger charge is -2.08. The van der Waals surface area contributed by atoms with E-state index in [-0.39, 0.29) is 27.0 Å². The van der Waals surface area contributed by atoms with Crippen molar-refractivity contribution in [2.24, 2.45) is 0 Å². The predicted octanol–water partition coefficient (Wildman–Crippen LogP) is 3.86. The zero-order chi connectivity index (χ0) is 15.6. The van der Waals surface area contributed by atoms with Crippen molar-refractivity contribution < 1.29 is 9.72 Å². The number of aromatic nitrogens is 1. The molecule has 1 amide bonds. The summed E-state index contributed by atoms with van der Waals surface area (Å²) in [7, 11) is 0. The van der Waals surface area contributed by atoms with Gasteiger partial charge in [0.05, 0.1) is 26.2 Å². The molecule has 108 valence electrons. The molecule has 0 aliphatic rings. The van der Waals surface area contributed by atoms with Gasteiger partial charge < -0.3 is 5.32 Å². The molecule has 0 saturated heterocycles. The summed E-state index contributed by atoms with van der Waals surface area (Å²) in [6.07, 6.45) is 1.35. The average Bonchev–Trinajstić information content (AvgIpc) is 2.40. The van der Waals surface area contributed by atoms with Crippen LogP contribution < -0.4 is 5.32 Å². The summed E-state index contributed by atoms with van der Waals surface area (Å²) in [6.45, 7) is 1.75. The molecule has 6 nitrogen and oxygen atoms in total. The monoisotopic (exact) mass is 325 g/mol. The van der Waals surface area contributed by atoms with Gasteiger partial charge in [0.15, 0.2) is 0 Å². The molecule has 0 aliphatic heterocycles. The molecule has 0 unspecified atom stereocenters. The number of halogens is 2. The van der Waals surface area contributed by atoms with Crippen molar-refractivity contribution >= 4 is 40.5 Å². The lowest BCUT2D eigenvalue weighted by atomic mass is 10.2. The van der Waals surface area contributed by atoms with E-state index in [1.54, 1.807) is 13.0 Å². The third kappa shape index (κ3) is 3.48. The van der Waals surface area contributed by atoms with Gasteiger partial charge in [-0.1, -0.05) is 23.2 Å². The van der Waals surface area contributed by atoms with E-state index in [0.29, 0.717) is 5.69 Å². The van der Waals surface area contributed by atoms with Crippen LogP contribution in [0.15, 0.2) is 30.5 Å². The predicted molar refractivity (Wildman–Crippen MR) is 80.0 cm³/mol. The van der Waals surface area contributed by atoms with Gasteiger partial charge in [-0.05, 0) is 19.1 Å². The van der Waals surface area contributed by atoms with E-state index in [4.69, 9.17) is 23.2 Å². The first-order valence-corrected chi connectivity index (χ1v) is 6.51. The second-order valence-corrected chi connectivity index (χ2v) is 5.00. The lowest BCUT2D eigenvalue weighted by molar-refractivity contribution is -0.384. The van der Waals surface area contributed by atoms with E-state index < -0.39 is 10.8 Å². The Kier molecular flexibility index (Phi) is 4.40. The fourth-order valence-corrected chi connectivity index (χ4v) is 2.12. The van der Waals surface area contributed by atoms with E-state index in [2.05, 4.69) is 10.3 Å². The summed E-state index contributed by atoms with van der Waals surface area (Å²) in [6, 6.07) is 5.32. The Balaban J connectivity index is 2.25. The van der Waals surface area contributed by atoms with E-state index in [1.807, 2.05) is 0 Å². The first-order valence-electron chi connectivity index (χ1n) is 5.76. The molecule has 0 atom stereocenters. The van der Waals surface area contributed by atoms with Crippen molar-refractivity contribution in [3.63, 3.8) is 0 Å². The SMILES string of the molecule is Cc1cc(Cl)c(C(=O)Nc2ccc([N+](=O)[O-])cc2Cl)cn1. The Morgan fingerprint density at radius 2 is 2.00 bits per heavy atom. The molecule has 1 aromatic heterocycles. The Bertz CT molecular complexity index is 735. The molecular weight excluding hydrogens is 317 g/mol. The molecule has 2 rings (SSSR count). The summed E-state index contributed by atoms with van der Waals surface area (Å²) in [5.74, 6) is -0.497. The number of rotatable bonds is 3. The van der Waals surface area contributed by atoms with Gasteiger partial charge in [0.2, 0.25) is 0 Å². The van der Waals surface area contributed by atoms with E-state index >= 15 is 0 Å². The number of pyridine rings is 1. The van der Waals surface area contributed by atoms with Gasteiger partial charge in [-0.3, -0.25) is 19.9 Å². The topological polar surface area (TPSA) is 85.1 Å². The van der Waals surface area contributed by atoms with Crippen LogP contribution >= 0.6 is 23.2 Å². The van der Waals surface area contributed by atoms with Crippen LogP contribution in [0, 0.1) is 17.0 Å². The minimum Gasteiger partial charge on any atom is -0.321 e. The third-order valence-corrected chi connectivity index (χ3v) is 3.27. The van der Waals surface area contributed by atoms with Gasteiger partial charge in [-0.15, -0.1) is 0 Å². The number of nitrogens with one attached hydrogen (secondary N) is 1. The minimum absolute atomic E-state index is 0.0637. The Morgan fingerprint density at radius 3 is 2.57 bits per heavy atom. The van der Waals surface area contributed by atoms with Gasteiger partial charge in [0.1, 0.15) is 0 Å². The normalized spacial score (nSPS) is 10.2. The molecule has 0 spiro atoms. The molecule has 21 heavy (non-hydrogen) atoms. The number of aryl methyl sites for hydroxylation is 1. The van der Waals surface area contributed by atoms with E-state index in [9.17, 15) is 14.9 Å². The molecule has 1 N–H and O–H groups in total. The maximum Gasteiger partial charge on any atom is 0.271 e. The molecule has 0 fully saturated rings. The Hall–Kier alpha value is -2.18. The maximum absolute atomic E-state index is 12.1. The van der Waals surface area contributed by atoms with Crippen molar-refractivity contribution in [2.75, 3.05) is 5.32 Å². The van der Waals surface area contributed by atoms with Crippen molar-refractivity contribution in [1.29, 1.82) is 0 Å². The van der Waals surface area contributed by atoms with Crippen LogP contribution in [0.1, 0.15) is 16.1 Å². The highest BCUT2D eigenvalue weighted by molar-refractivity contribution is 6.36. The Morgan fingerprint density at radius 1 is 1.29 bits per heavy atom. The van der Waals surface area contributed by atoms with E-state index in [0.717, 1.165) is 6.07 Å². The van der Waals surface area contributed by atoms with Crippen LogP contribution in [0.2, 0.25) is 10.0 Å². The fraction of sp³-hybridized carbons (Fsp3) is 0.0769. The molecular formula is C13H9Cl2N3O3. The van der Waals surface area contributed by atoms with E-state index in [1.165, 1.54) is 18.3 Å². The smallest absolute Gasteiger partial charge is 0.271 e. The number of carbonyl (C=O) groups excluding carboxylic acids is 1. The first kappa shape index (κ1) is 15.2. The van der Waals surface area contributed by atoms with Crippen LogP contribution in [-0.2, 0) is 0 Å². The van der Waals surface area contributed by atoms with Crippen molar-refractivity contribution in [1.82, 2.24) is 4.98 Å². The van der Waals surface area contributed by atoms with Crippen LogP contribution in [0.25, 0.3) is 0 Å². The number of benzene rings is 1. The number of nitro groups is 1. The lowest BCUT2D eigenvalue weighted by Crippen LogP contribution is -2.13. The highest BCUT2D eigenvalue weighted by Crippen LogP contribution is 2.27. The third-order valence-electron chi connectivity index (χ3n) is 2.65. The maximum atomic E-state index is 12.1. The zero-order valence-corrected chi connectivity index (χ0v) is 12.3. The number of hydrogen-bond donors (Lipinski definition) is 1. The molecule has 1 heterocycles. The van der Waals surface area contributed by atoms with Gasteiger partial charge >= 0.3 is 0 Å². The van der Waals surface area contributed by atoms with Gasteiger partial charge in [0, 0.05) is 24.0 Å². The number of non-ortho nitro benzene ring substituents is 1. The fourth-order valence-electron chi connectivity index (χ4n) is 1.60. The number of amides is 1. The van der Waals surface area contributed by atoms with Gasteiger partial charge in [-0.2, -0.15) is 0 Å². The summed E-state index contributed by atoms with van der Waals surface area (Å²) < 4.78 is 0. The standard InChI is InChI=1S/C13H9Cl2N3O3/c1-7-4-10(14)9(6-16-7)13(19)17-12-3-2-8(18(20)21)5-11(12)15/h2-6H,1H3,(H,17,19). The molecule has 2 aromatic rings. The number of nitro benzene ring substituents is 1. The van der Waals surface area contributed by atoms with Crippen LogP contribution in [-0.4, -0.2) is 15.8 Å². The molecule has 0 aliphatic carbocycles. The number of hydrogen-bond acceptors (Lipinski definition) is 4. The molecule has 1 aromatic carbocycles. The van der Waals surface area contributed by atoms with Crippen LogP contribution in [0.5, 0.6) is 0 Å². The van der Waals surface area contributed by atoms with Crippen molar-refractivity contribution in [3.05, 3.63) is 61.9 Å². The highest BCUT2D eigenvalue weighted by Gasteiger charge is 2.15. The van der Waals surface area contributed by atoms with Crippen molar-refractivity contribution in [3.8, 4) is 0 Å². The second-order valence-electron chi connectivity index (χ2n) is 4.18. The minimum atomic E-state index is -0.571. The number of carbonyl (C=O) groups is 1. The Labute approximate surface area is 129 Å². The average molecular weight is 326 g/mol. The highest BCUT2D eigenvalue weighted by atomic mass is 35.5. The summed E-state index contributed by atoms with van der Waals surface area (Å²) in [4.78, 5) is 26.1. The number of anilines is 1. The molecule has 0 saturated carbocycles. The number of nitrogens with zero attached hydrogens (tertiary/aromatic N) is 2. The quantitative estimate of drug-likeness (QED) is 0.685. The summed E-state index contributed by atoms with van der Waals surface area (Å²) in [5, 5.41) is 13.5. The summed E-state index contributed by atoms with van der Waals surface area (Å²) >= 11 is 11.9. The molecule has 0 radical (unpaired) electrons. The van der Waals surface area contributed by atoms with Crippen LogP contribution in [0.3, 0.4) is 0 Å². The second kappa shape index (κ2) is 6.07.